The van der Waals surface area contributed by atoms with Crippen molar-refractivity contribution in [3.05, 3.63) is 0 Å². The lowest BCUT2D eigenvalue weighted by Crippen LogP contribution is -2.37. The fraction of sp³-hybridized carbons (Fsp3) is 1.00. The van der Waals surface area contributed by atoms with Crippen molar-refractivity contribution in [3.8, 4) is 0 Å². The number of hydrogen-bond donors (Lipinski definition) is 2. The van der Waals surface area contributed by atoms with Crippen LogP contribution in [0.15, 0.2) is 0 Å². The summed E-state index contributed by atoms with van der Waals surface area (Å²) in [7, 11) is 0. The van der Waals surface area contributed by atoms with E-state index in [1.54, 1.807) is 0 Å². The normalized spacial score (nSPS) is 14.5. The van der Waals surface area contributed by atoms with Gasteiger partial charge in [-0.05, 0) is 18.3 Å². The van der Waals surface area contributed by atoms with Crippen LogP contribution in [0.3, 0.4) is 0 Å². The molecule has 80 valence electrons. The van der Waals surface area contributed by atoms with Crippen molar-refractivity contribution in [2.75, 3.05) is 0 Å². The van der Waals surface area contributed by atoms with Gasteiger partial charge in [-0.25, -0.2) is 0 Å². The van der Waals surface area contributed by atoms with Gasteiger partial charge in [0.25, 0.3) is 0 Å². The molecule has 0 amide bonds. The predicted molar refractivity (Wildman–Crippen MR) is 59.3 cm³/mol. The second kappa shape index (κ2) is 6.39. The third-order valence-corrected chi connectivity index (χ3v) is 2.25. The maximum absolute atomic E-state index is 5.51. The van der Waals surface area contributed by atoms with Gasteiger partial charge in [-0.1, -0.05) is 47.0 Å². The fourth-order valence-corrected chi connectivity index (χ4v) is 1.62. The van der Waals surface area contributed by atoms with Crippen molar-refractivity contribution in [1.82, 2.24) is 5.43 Å². The molecule has 0 saturated carbocycles. The number of rotatable bonds is 6. The lowest BCUT2D eigenvalue weighted by Gasteiger charge is -2.25. The maximum atomic E-state index is 5.51. The highest BCUT2D eigenvalue weighted by molar-refractivity contribution is 4.72. The first-order valence-corrected chi connectivity index (χ1v) is 5.45. The molecule has 0 aliphatic heterocycles. The van der Waals surface area contributed by atoms with Gasteiger partial charge in [0, 0.05) is 6.04 Å². The van der Waals surface area contributed by atoms with Crippen molar-refractivity contribution < 1.29 is 0 Å². The fourth-order valence-electron chi connectivity index (χ4n) is 1.62. The van der Waals surface area contributed by atoms with Crippen LogP contribution in [0.5, 0.6) is 0 Å². The summed E-state index contributed by atoms with van der Waals surface area (Å²) in [5.41, 5.74) is 3.30. The van der Waals surface area contributed by atoms with E-state index in [0.29, 0.717) is 11.5 Å². The van der Waals surface area contributed by atoms with E-state index in [-0.39, 0.29) is 0 Å². The first kappa shape index (κ1) is 12.9. The molecule has 0 rings (SSSR count). The molecule has 0 radical (unpaired) electrons. The smallest absolute Gasteiger partial charge is 0.0215 e. The van der Waals surface area contributed by atoms with E-state index in [2.05, 4.69) is 33.1 Å². The molecule has 0 aromatic carbocycles. The molecule has 13 heavy (non-hydrogen) atoms. The summed E-state index contributed by atoms with van der Waals surface area (Å²) in [4.78, 5) is 0. The summed E-state index contributed by atoms with van der Waals surface area (Å²) < 4.78 is 0. The predicted octanol–water partition coefficient (Wildman–Crippen LogP) is 2.83. The standard InChI is InChI=1S/C11H26N2/c1-5-6-7-8-10(13-12)9-11(2,3)4/h10,13H,5-9,12H2,1-4H3. The van der Waals surface area contributed by atoms with Crippen molar-refractivity contribution in [1.29, 1.82) is 0 Å². The molecule has 3 N–H and O–H groups in total. The van der Waals surface area contributed by atoms with E-state index in [1.807, 2.05) is 0 Å². The van der Waals surface area contributed by atoms with Gasteiger partial charge in [0.05, 0.1) is 0 Å². The molecule has 1 atom stereocenters. The zero-order valence-electron chi connectivity index (χ0n) is 9.69. The van der Waals surface area contributed by atoms with Gasteiger partial charge in [0.2, 0.25) is 0 Å². The minimum atomic E-state index is 0.378. The van der Waals surface area contributed by atoms with Crippen LogP contribution in [-0.2, 0) is 0 Å². The maximum Gasteiger partial charge on any atom is 0.0215 e. The van der Waals surface area contributed by atoms with Gasteiger partial charge in [0.1, 0.15) is 0 Å². The molecular weight excluding hydrogens is 160 g/mol. The number of unbranched alkanes of at least 4 members (excludes halogenated alkanes) is 2. The van der Waals surface area contributed by atoms with Gasteiger partial charge >= 0.3 is 0 Å². The Morgan fingerprint density at radius 3 is 2.23 bits per heavy atom. The molecule has 0 heterocycles. The quantitative estimate of drug-likeness (QED) is 0.380. The first-order valence-electron chi connectivity index (χ1n) is 5.45. The van der Waals surface area contributed by atoms with Crippen LogP contribution in [0.1, 0.15) is 59.8 Å². The van der Waals surface area contributed by atoms with Crippen molar-refractivity contribution in [3.63, 3.8) is 0 Å². The Hall–Kier alpha value is -0.0800. The molecule has 0 aromatic rings. The Labute approximate surface area is 83.2 Å². The monoisotopic (exact) mass is 186 g/mol. The highest BCUT2D eigenvalue weighted by Crippen LogP contribution is 2.22. The Balaban J connectivity index is 3.63. The summed E-state index contributed by atoms with van der Waals surface area (Å²) in [5, 5.41) is 0. The van der Waals surface area contributed by atoms with Gasteiger partial charge in [-0.3, -0.25) is 11.3 Å². The van der Waals surface area contributed by atoms with Crippen molar-refractivity contribution in [2.45, 2.75) is 65.8 Å². The van der Waals surface area contributed by atoms with Gasteiger partial charge in [-0.15, -0.1) is 0 Å². The van der Waals surface area contributed by atoms with E-state index in [0.717, 1.165) is 6.42 Å². The Morgan fingerprint density at radius 1 is 1.23 bits per heavy atom. The number of nitrogens with one attached hydrogen (secondary N) is 1. The Morgan fingerprint density at radius 2 is 1.85 bits per heavy atom. The molecule has 0 aliphatic rings. The molecular formula is C11H26N2. The van der Waals surface area contributed by atoms with Gasteiger partial charge in [0.15, 0.2) is 0 Å². The topological polar surface area (TPSA) is 38.0 Å². The molecule has 0 aromatic heterocycles. The lowest BCUT2D eigenvalue weighted by atomic mass is 9.86. The highest BCUT2D eigenvalue weighted by atomic mass is 15.2. The summed E-state index contributed by atoms with van der Waals surface area (Å²) in [5.74, 6) is 5.51. The second-order valence-electron chi connectivity index (χ2n) is 5.12. The zero-order chi connectivity index (χ0) is 10.3. The first-order chi connectivity index (χ1) is 5.99. The molecule has 0 spiro atoms. The van der Waals surface area contributed by atoms with Gasteiger partial charge < -0.3 is 0 Å². The van der Waals surface area contributed by atoms with Crippen molar-refractivity contribution in [2.24, 2.45) is 11.3 Å². The molecule has 0 fully saturated rings. The Kier molecular flexibility index (Phi) is 6.35. The lowest BCUT2D eigenvalue weighted by molar-refractivity contribution is 0.295. The average molecular weight is 186 g/mol. The zero-order valence-corrected chi connectivity index (χ0v) is 9.69. The third kappa shape index (κ3) is 8.26. The van der Waals surface area contributed by atoms with Crippen LogP contribution in [0.2, 0.25) is 0 Å². The second-order valence-corrected chi connectivity index (χ2v) is 5.12. The third-order valence-electron chi connectivity index (χ3n) is 2.25. The largest absolute Gasteiger partial charge is 0.271 e. The molecule has 0 aliphatic carbocycles. The summed E-state index contributed by atoms with van der Waals surface area (Å²) >= 11 is 0. The summed E-state index contributed by atoms with van der Waals surface area (Å²) in [6, 6.07) is 0.492. The van der Waals surface area contributed by atoms with E-state index in [9.17, 15) is 0 Å². The molecule has 0 bridgehead atoms. The van der Waals surface area contributed by atoms with Crippen LogP contribution in [0, 0.1) is 5.41 Å². The minimum Gasteiger partial charge on any atom is -0.271 e. The van der Waals surface area contributed by atoms with Gasteiger partial charge in [-0.2, -0.15) is 0 Å². The van der Waals surface area contributed by atoms with Crippen LogP contribution in [-0.4, -0.2) is 6.04 Å². The molecule has 0 saturated heterocycles. The number of nitrogens with two attached hydrogens (primary N) is 1. The minimum absolute atomic E-state index is 0.378. The van der Waals surface area contributed by atoms with E-state index in [1.165, 1.54) is 25.7 Å². The molecule has 2 heteroatoms. The van der Waals surface area contributed by atoms with Crippen LogP contribution in [0.4, 0.5) is 0 Å². The van der Waals surface area contributed by atoms with Crippen LogP contribution < -0.4 is 11.3 Å². The summed E-state index contributed by atoms with van der Waals surface area (Å²) in [6.45, 7) is 9.01. The van der Waals surface area contributed by atoms with E-state index >= 15 is 0 Å². The molecule has 2 nitrogen and oxygen atoms in total. The van der Waals surface area contributed by atoms with E-state index in [4.69, 9.17) is 5.84 Å². The Bertz CT molecular complexity index is 116. The number of hydrogen-bond acceptors (Lipinski definition) is 2. The van der Waals surface area contributed by atoms with Crippen molar-refractivity contribution >= 4 is 0 Å². The summed E-state index contributed by atoms with van der Waals surface area (Å²) in [6.07, 6.45) is 6.27. The van der Waals surface area contributed by atoms with Crippen LogP contribution >= 0.6 is 0 Å². The van der Waals surface area contributed by atoms with E-state index < -0.39 is 0 Å². The van der Waals surface area contributed by atoms with Crippen LogP contribution in [0.25, 0.3) is 0 Å². The average Bonchev–Trinajstić information content (AvgIpc) is 2.01. The highest BCUT2D eigenvalue weighted by Gasteiger charge is 2.16. The number of hydrazine groups is 1. The molecule has 1 unspecified atom stereocenters. The SMILES string of the molecule is CCCCCC(CC(C)(C)C)NN.